The Bertz CT molecular complexity index is 438. The Morgan fingerprint density at radius 1 is 1.12 bits per heavy atom. The van der Waals surface area contributed by atoms with Crippen molar-refractivity contribution in [3.8, 4) is 5.75 Å². The van der Waals surface area contributed by atoms with Crippen LogP contribution in [-0.4, -0.2) is 17.5 Å². The summed E-state index contributed by atoms with van der Waals surface area (Å²) in [7, 11) is 0. The first-order valence-corrected chi connectivity index (χ1v) is 6.20. The van der Waals surface area contributed by atoms with Gasteiger partial charge in [0.1, 0.15) is 5.75 Å². The van der Waals surface area contributed by atoms with E-state index in [0.29, 0.717) is 0 Å². The number of nitrogens with one attached hydrogen (secondary N) is 1. The van der Waals surface area contributed by atoms with Gasteiger partial charge < -0.3 is 9.72 Å². The fourth-order valence-electron chi connectivity index (χ4n) is 1.74. The number of unbranched alkanes of at least 4 members (excludes halogenated alkanes) is 2. The molecule has 2 rings (SSSR count). The number of H-pyrrole nitrogens is 1. The van der Waals surface area contributed by atoms with E-state index < -0.39 is 0 Å². The lowest BCUT2D eigenvalue weighted by molar-refractivity contribution is 0.310. The molecule has 1 aromatic heterocycles. The molecule has 0 spiro atoms. The molecule has 0 saturated carbocycles. The number of rotatable bonds is 6. The van der Waals surface area contributed by atoms with Crippen LogP contribution >= 0.6 is 11.6 Å². The van der Waals surface area contributed by atoms with Crippen LogP contribution in [-0.2, 0) is 0 Å². The standard InChI is InChI=1S/C13H16ClNO/c14-8-2-1-3-10-16-13-6-4-5-12-11(13)7-9-15-12/h4-7,9,15H,1-3,8,10H2. The Labute approximate surface area is 101 Å². The van der Waals surface area contributed by atoms with Gasteiger partial charge >= 0.3 is 0 Å². The molecule has 0 saturated heterocycles. The zero-order valence-corrected chi connectivity index (χ0v) is 9.96. The molecule has 0 aliphatic carbocycles. The number of ether oxygens (including phenoxy) is 1. The van der Waals surface area contributed by atoms with Crippen LogP contribution in [0.1, 0.15) is 19.3 Å². The van der Waals surface area contributed by atoms with E-state index in [0.717, 1.165) is 48.4 Å². The summed E-state index contributed by atoms with van der Waals surface area (Å²) in [5, 5.41) is 1.15. The first kappa shape index (κ1) is 11.3. The normalized spacial score (nSPS) is 10.8. The van der Waals surface area contributed by atoms with E-state index in [1.54, 1.807) is 0 Å². The Hall–Kier alpha value is -1.15. The van der Waals surface area contributed by atoms with Crippen LogP contribution < -0.4 is 4.74 Å². The van der Waals surface area contributed by atoms with Crippen LogP contribution in [0.3, 0.4) is 0 Å². The van der Waals surface area contributed by atoms with Crippen molar-refractivity contribution in [3.63, 3.8) is 0 Å². The molecule has 1 N–H and O–H groups in total. The SMILES string of the molecule is ClCCCCCOc1cccc2[nH]ccc12. The number of aromatic nitrogens is 1. The lowest BCUT2D eigenvalue weighted by atomic mass is 10.2. The highest BCUT2D eigenvalue weighted by molar-refractivity contribution is 6.17. The number of hydrogen-bond donors (Lipinski definition) is 1. The van der Waals surface area contributed by atoms with Crippen molar-refractivity contribution in [3.05, 3.63) is 30.5 Å². The van der Waals surface area contributed by atoms with Gasteiger partial charge in [0.05, 0.1) is 6.61 Å². The molecule has 1 heterocycles. The van der Waals surface area contributed by atoms with Crippen LogP contribution in [0.25, 0.3) is 10.9 Å². The van der Waals surface area contributed by atoms with Gasteiger partial charge in [0.15, 0.2) is 0 Å². The van der Waals surface area contributed by atoms with Crippen LogP contribution in [0.2, 0.25) is 0 Å². The maximum atomic E-state index is 5.76. The van der Waals surface area contributed by atoms with Gasteiger partial charge in [0.2, 0.25) is 0 Å². The predicted molar refractivity (Wildman–Crippen MR) is 68.4 cm³/mol. The number of halogens is 1. The van der Waals surface area contributed by atoms with Crippen molar-refractivity contribution in [2.24, 2.45) is 0 Å². The van der Waals surface area contributed by atoms with E-state index >= 15 is 0 Å². The Morgan fingerprint density at radius 3 is 2.94 bits per heavy atom. The Kier molecular flexibility index (Phi) is 4.11. The van der Waals surface area contributed by atoms with Crippen LogP contribution in [0.4, 0.5) is 0 Å². The molecule has 0 radical (unpaired) electrons. The molecule has 0 aliphatic heterocycles. The van der Waals surface area contributed by atoms with Crippen molar-refractivity contribution < 1.29 is 4.74 Å². The van der Waals surface area contributed by atoms with Crippen molar-refractivity contribution in [2.75, 3.05) is 12.5 Å². The van der Waals surface area contributed by atoms with E-state index in [1.807, 2.05) is 24.4 Å². The van der Waals surface area contributed by atoms with E-state index in [1.165, 1.54) is 0 Å². The summed E-state index contributed by atoms with van der Waals surface area (Å²) in [6, 6.07) is 8.11. The van der Waals surface area contributed by atoms with Gasteiger partial charge in [-0.3, -0.25) is 0 Å². The molecule has 3 heteroatoms. The lowest BCUT2D eigenvalue weighted by Crippen LogP contribution is -1.97. The molecule has 0 aliphatic rings. The van der Waals surface area contributed by atoms with Gasteiger partial charge in [0.25, 0.3) is 0 Å². The molecule has 2 aromatic rings. The first-order chi connectivity index (χ1) is 7.92. The molecule has 86 valence electrons. The highest BCUT2D eigenvalue weighted by atomic mass is 35.5. The van der Waals surface area contributed by atoms with E-state index in [9.17, 15) is 0 Å². The molecule has 0 unspecified atom stereocenters. The van der Waals surface area contributed by atoms with Gasteiger partial charge in [-0.1, -0.05) is 6.07 Å². The summed E-state index contributed by atoms with van der Waals surface area (Å²) in [5.41, 5.74) is 1.12. The average Bonchev–Trinajstić information content (AvgIpc) is 2.77. The van der Waals surface area contributed by atoms with Gasteiger partial charge in [-0.25, -0.2) is 0 Å². The summed E-state index contributed by atoms with van der Waals surface area (Å²) in [6.45, 7) is 0.765. The highest BCUT2D eigenvalue weighted by Gasteiger charge is 2.01. The zero-order chi connectivity index (χ0) is 11.2. The topological polar surface area (TPSA) is 25.0 Å². The third-order valence-corrected chi connectivity index (χ3v) is 2.86. The van der Waals surface area contributed by atoms with Crippen molar-refractivity contribution in [2.45, 2.75) is 19.3 Å². The third kappa shape index (κ3) is 2.70. The zero-order valence-electron chi connectivity index (χ0n) is 9.21. The summed E-state index contributed by atoms with van der Waals surface area (Å²) < 4.78 is 5.76. The molecule has 0 bridgehead atoms. The average molecular weight is 238 g/mol. The Balaban J connectivity index is 1.91. The quantitative estimate of drug-likeness (QED) is 0.597. The molecule has 16 heavy (non-hydrogen) atoms. The summed E-state index contributed by atoms with van der Waals surface area (Å²) >= 11 is 5.62. The number of aromatic amines is 1. The Morgan fingerprint density at radius 2 is 2.06 bits per heavy atom. The van der Waals surface area contributed by atoms with Gasteiger partial charge in [-0.05, 0) is 37.5 Å². The second-order valence-electron chi connectivity index (χ2n) is 3.79. The summed E-state index contributed by atoms with van der Waals surface area (Å²) in [4.78, 5) is 3.17. The van der Waals surface area contributed by atoms with Gasteiger partial charge in [-0.2, -0.15) is 0 Å². The number of hydrogen-bond acceptors (Lipinski definition) is 1. The van der Waals surface area contributed by atoms with Crippen LogP contribution in [0.5, 0.6) is 5.75 Å². The fraction of sp³-hybridized carbons (Fsp3) is 0.385. The minimum atomic E-state index is 0.743. The van der Waals surface area contributed by atoms with Gasteiger partial charge in [-0.15, -0.1) is 11.6 Å². The number of fused-ring (bicyclic) bond motifs is 1. The largest absolute Gasteiger partial charge is 0.493 e. The second-order valence-corrected chi connectivity index (χ2v) is 4.17. The minimum absolute atomic E-state index is 0.743. The molecule has 2 nitrogen and oxygen atoms in total. The van der Waals surface area contributed by atoms with Crippen molar-refractivity contribution >= 4 is 22.5 Å². The third-order valence-electron chi connectivity index (χ3n) is 2.59. The minimum Gasteiger partial charge on any atom is -0.493 e. The highest BCUT2D eigenvalue weighted by Crippen LogP contribution is 2.24. The summed E-state index contributed by atoms with van der Waals surface area (Å²) in [5.74, 6) is 1.71. The van der Waals surface area contributed by atoms with Gasteiger partial charge in [0, 0.05) is 23.0 Å². The first-order valence-electron chi connectivity index (χ1n) is 5.66. The molecule has 0 atom stereocenters. The fourth-order valence-corrected chi connectivity index (χ4v) is 1.93. The maximum Gasteiger partial charge on any atom is 0.128 e. The molecule has 0 fully saturated rings. The molecule has 1 aromatic carbocycles. The monoisotopic (exact) mass is 237 g/mol. The lowest BCUT2D eigenvalue weighted by Gasteiger charge is -2.06. The number of benzene rings is 1. The molecular formula is C13H16ClNO. The van der Waals surface area contributed by atoms with E-state index in [-0.39, 0.29) is 0 Å². The van der Waals surface area contributed by atoms with E-state index in [4.69, 9.17) is 16.3 Å². The second kappa shape index (κ2) is 5.80. The maximum absolute atomic E-state index is 5.76. The van der Waals surface area contributed by atoms with Crippen molar-refractivity contribution in [1.29, 1.82) is 0 Å². The number of alkyl halides is 1. The predicted octanol–water partition coefficient (Wildman–Crippen LogP) is 3.96. The molecular weight excluding hydrogens is 222 g/mol. The van der Waals surface area contributed by atoms with Crippen LogP contribution in [0, 0.1) is 0 Å². The van der Waals surface area contributed by atoms with Crippen molar-refractivity contribution in [1.82, 2.24) is 4.98 Å². The van der Waals surface area contributed by atoms with Crippen LogP contribution in [0.15, 0.2) is 30.5 Å². The molecule has 0 amide bonds. The smallest absolute Gasteiger partial charge is 0.128 e. The van der Waals surface area contributed by atoms with E-state index in [2.05, 4.69) is 11.1 Å². The summed E-state index contributed by atoms with van der Waals surface area (Å²) in [6.07, 6.45) is 5.20.